The molecule has 0 saturated carbocycles. The number of ether oxygens (including phenoxy) is 1. The van der Waals surface area contributed by atoms with Gasteiger partial charge in [0, 0.05) is 24.2 Å². The van der Waals surface area contributed by atoms with Crippen LogP contribution in [0, 0.1) is 10.1 Å². The minimum absolute atomic E-state index is 0.0955. The zero-order valence-corrected chi connectivity index (χ0v) is 10.2. The Balaban J connectivity index is 2.83. The molecule has 1 aromatic carbocycles. The maximum Gasteiger partial charge on any atom is 0.270 e. The highest BCUT2D eigenvalue weighted by Gasteiger charge is 2.11. The molecular formula is C12H18N2O3. The second-order valence-electron chi connectivity index (χ2n) is 3.78. The summed E-state index contributed by atoms with van der Waals surface area (Å²) in [5.74, 6) is 0.721. The molecule has 0 heterocycles. The van der Waals surface area contributed by atoms with E-state index in [9.17, 15) is 10.1 Å². The molecule has 0 fully saturated rings. The van der Waals surface area contributed by atoms with Crippen LogP contribution in [-0.4, -0.2) is 18.6 Å². The van der Waals surface area contributed by atoms with Crippen molar-refractivity contribution < 1.29 is 9.66 Å². The lowest BCUT2D eigenvalue weighted by Crippen LogP contribution is -2.08. The molecule has 0 amide bonds. The van der Waals surface area contributed by atoms with Crippen molar-refractivity contribution in [3.8, 4) is 5.75 Å². The highest BCUT2D eigenvalue weighted by Crippen LogP contribution is 2.24. The number of hydrogen-bond donors (Lipinski definition) is 1. The first kappa shape index (κ1) is 13.4. The van der Waals surface area contributed by atoms with Crippen LogP contribution in [0.2, 0.25) is 0 Å². The van der Waals surface area contributed by atoms with Crippen molar-refractivity contribution in [2.45, 2.75) is 26.3 Å². The molecule has 94 valence electrons. The smallest absolute Gasteiger partial charge is 0.270 e. The summed E-state index contributed by atoms with van der Waals surface area (Å²) >= 11 is 0. The molecule has 0 aliphatic heterocycles. The van der Waals surface area contributed by atoms with Crippen molar-refractivity contribution in [3.63, 3.8) is 0 Å². The van der Waals surface area contributed by atoms with E-state index in [1.165, 1.54) is 6.07 Å². The first-order valence-corrected chi connectivity index (χ1v) is 5.73. The first-order valence-electron chi connectivity index (χ1n) is 5.73. The van der Waals surface area contributed by atoms with Gasteiger partial charge in [0.05, 0.1) is 11.5 Å². The quantitative estimate of drug-likeness (QED) is 0.450. The van der Waals surface area contributed by atoms with Crippen molar-refractivity contribution in [1.82, 2.24) is 5.32 Å². The van der Waals surface area contributed by atoms with Crippen LogP contribution in [0.25, 0.3) is 0 Å². The molecule has 0 atom stereocenters. The lowest BCUT2D eigenvalue weighted by Gasteiger charge is -2.10. The third kappa shape index (κ3) is 4.03. The normalized spacial score (nSPS) is 10.2. The van der Waals surface area contributed by atoms with Gasteiger partial charge in [0.2, 0.25) is 0 Å². The zero-order valence-electron chi connectivity index (χ0n) is 10.2. The van der Waals surface area contributed by atoms with Crippen LogP contribution in [-0.2, 0) is 6.54 Å². The molecule has 0 unspecified atom stereocenters. The summed E-state index contributed by atoms with van der Waals surface area (Å²) in [5.41, 5.74) is 0.913. The van der Waals surface area contributed by atoms with Gasteiger partial charge in [-0.05, 0) is 19.5 Å². The fourth-order valence-corrected chi connectivity index (χ4v) is 1.48. The summed E-state index contributed by atoms with van der Waals surface area (Å²) in [6.45, 7) is 3.29. The van der Waals surface area contributed by atoms with Gasteiger partial charge in [-0.15, -0.1) is 0 Å². The fourth-order valence-electron chi connectivity index (χ4n) is 1.48. The fraction of sp³-hybridized carbons (Fsp3) is 0.500. The van der Waals surface area contributed by atoms with E-state index in [4.69, 9.17) is 4.74 Å². The van der Waals surface area contributed by atoms with Crippen molar-refractivity contribution in [2.75, 3.05) is 13.7 Å². The Morgan fingerprint density at radius 2 is 2.24 bits per heavy atom. The maximum absolute atomic E-state index is 10.7. The van der Waals surface area contributed by atoms with E-state index in [1.807, 2.05) is 0 Å². The van der Waals surface area contributed by atoms with E-state index in [1.54, 1.807) is 19.2 Å². The van der Waals surface area contributed by atoms with Crippen molar-refractivity contribution in [2.24, 2.45) is 0 Å². The Bertz CT molecular complexity index is 380. The third-order valence-corrected chi connectivity index (χ3v) is 2.38. The van der Waals surface area contributed by atoms with E-state index in [-0.39, 0.29) is 5.69 Å². The molecule has 0 saturated heterocycles. The van der Waals surface area contributed by atoms with E-state index in [2.05, 4.69) is 12.2 Å². The second-order valence-corrected chi connectivity index (χ2v) is 3.78. The van der Waals surface area contributed by atoms with Gasteiger partial charge in [-0.1, -0.05) is 13.3 Å². The number of non-ortho nitro benzene ring substituents is 1. The van der Waals surface area contributed by atoms with E-state index >= 15 is 0 Å². The number of nitrogens with one attached hydrogen (secondary N) is 1. The standard InChI is InChI=1S/C12H18N2O3/c1-3-4-7-17-12-6-5-11(14(15)16)8-10(12)9-13-2/h5-6,8,13H,3-4,7,9H2,1-2H3. The minimum Gasteiger partial charge on any atom is -0.493 e. The predicted molar refractivity (Wildman–Crippen MR) is 66.3 cm³/mol. The Labute approximate surface area is 101 Å². The summed E-state index contributed by atoms with van der Waals surface area (Å²) in [6.07, 6.45) is 2.05. The van der Waals surface area contributed by atoms with Crippen LogP contribution >= 0.6 is 0 Å². The second kappa shape index (κ2) is 6.85. The minimum atomic E-state index is -0.394. The van der Waals surface area contributed by atoms with Crippen LogP contribution in [0.15, 0.2) is 18.2 Å². The monoisotopic (exact) mass is 238 g/mol. The number of nitro groups is 1. The summed E-state index contributed by atoms with van der Waals surface area (Å²) in [4.78, 5) is 10.3. The number of rotatable bonds is 7. The molecule has 0 aromatic heterocycles. The van der Waals surface area contributed by atoms with Gasteiger partial charge in [-0.2, -0.15) is 0 Å². The molecular weight excluding hydrogens is 220 g/mol. The number of nitrogens with zero attached hydrogens (tertiary/aromatic N) is 1. The Morgan fingerprint density at radius 3 is 2.82 bits per heavy atom. The average molecular weight is 238 g/mol. The summed E-state index contributed by atoms with van der Waals surface area (Å²) < 4.78 is 5.60. The van der Waals surface area contributed by atoms with Crippen molar-refractivity contribution in [1.29, 1.82) is 0 Å². The summed E-state index contributed by atoms with van der Waals surface area (Å²) in [5, 5.41) is 13.7. The van der Waals surface area contributed by atoms with Crippen LogP contribution in [0.4, 0.5) is 5.69 Å². The van der Waals surface area contributed by atoms with E-state index in [0.29, 0.717) is 13.2 Å². The van der Waals surface area contributed by atoms with Crippen LogP contribution < -0.4 is 10.1 Å². The maximum atomic E-state index is 10.7. The lowest BCUT2D eigenvalue weighted by atomic mass is 10.1. The molecule has 1 rings (SSSR count). The molecule has 0 bridgehead atoms. The SMILES string of the molecule is CCCCOc1ccc([N+](=O)[O-])cc1CNC. The molecule has 17 heavy (non-hydrogen) atoms. The summed E-state index contributed by atoms with van der Waals surface area (Å²) in [6, 6.07) is 4.69. The Morgan fingerprint density at radius 1 is 1.47 bits per heavy atom. The van der Waals surface area contributed by atoms with Crippen LogP contribution in [0.5, 0.6) is 5.75 Å². The molecule has 1 aromatic rings. The van der Waals surface area contributed by atoms with Gasteiger partial charge >= 0.3 is 0 Å². The molecule has 0 spiro atoms. The number of benzene rings is 1. The number of hydrogen-bond acceptors (Lipinski definition) is 4. The molecule has 1 N–H and O–H groups in total. The first-order chi connectivity index (χ1) is 8.19. The van der Waals surface area contributed by atoms with Gasteiger partial charge in [-0.3, -0.25) is 10.1 Å². The van der Waals surface area contributed by atoms with Crippen molar-refractivity contribution >= 4 is 5.69 Å². The molecule has 0 radical (unpaired) electrons. The van der Waals surface area contributed by atoms with Crippen LogP contribution in [0.3, 0.4) is 0 Å². The van der Waals surface area contributed by atoms with E-state index < -0.39 is 4.92 Å². The Kier molecular flexibility index (Phi) is 5.42. The molecule has 0 aliphatic carbocycles. The Hall–Kier alpha value is -1.62. The predicted octanol–water partition coefficient (Wildman–Crippen LogP) is 2.49. The van der Waals surface area contributed by atoms with Gasteiger partial charge in [0.25, 0.3) is 5.69 Å². The average Bonchev–Trinajstić information content (AvgIpc) is 2.31. The van der Waals surface area contributed by atoms with Crippen LogP contribution in [0.1, 0.15) is 25.3 Å². The lowest BCUT2D eigenvalue weighted by molar-refractivity contribution is -0.384. The molecule has 0 aliphatic rings. The van der Waals surface area contributed by atoms with Gasteiger partial charge in [0.15, 0.2) is 0 Å². The van der Waals surface area contributed by atoms with Gasteiger partial charge in [0.1, 0.15) is 5.75 Å². The van der Waals surface area contributed by atoms with E-state index in [0.717, 1.165) is 24.2 Å². The highest BCUT2D eigenvalue weighted by atomic mass is 16.6. The molecule has 5 heteroatoms. The molecule has 5 nitrogen and oxygen atoms in total. The summed E-state index contributed by atoms with van der Waals surface area (Å²) in [7, 11) is 1.80. The highest BCUT2D eigenvalue weighted by molar-refractivity contribution is 5.43. The largest absolute Gasteiger partial charge is 0.493 e. The van der Waals surface area contributed by atoms with Crippen molar-refractivity contribution in [3.05, 3.63) is 33.9 Å². The number of nitro benzene ring substituents is 1. The number of unbranched alkanes of at least 4 members (excludes halogenated alkanes) is 1. The zero-order chi connectivity index (χ0) is 12.7. The third-order valence-electron chi connectivity index (χ3n) is 2.38. The van der Waals surface area contributed by atoms with Gasteiger partial charge in [-0.25, -0.2) is 0 Å². The topological polar surface area (TPSA) is 64.4 Å². The van der Waals surface area contributed by atoms with Gasteiger partial charge < -0.3 is 10.1 Å².